The molecule has 0 aromatic heterocycles. The van der Waals surface area contributed by atoms with Gasteiger partial charge in [0.15, 0.2) is 0 Å². The van der Waals surface area contributed by atoms with Crippen molar-refractivity contribution in [3.8, 4) is 0 Å². The van der Waals surface area contributed by atoms with Crippen LogP contribution in [0.15, 0.2) is 24.3 Å². The summed E-state index contributed by atoms with van der Waals surface area (Å²) in [6.45, 7) is 1.63. The molecule has 0 spiro atoms. The number of anilines is 1. The number of carbonyl (C=O) groups excluding carboxylic acids is 1. The minimum atomic E-state index is -0.473. The minimum absolute atomic E-state index is 0.0125. The molecule has 0 saturated heterocycles. The fourth-order valence-corrected chi connectivity index (χ4v) is 0.956. The smallest absolute Gasteiger partial charge is 0.271 e. The van der Waals surface area contributed by atoms with Crippen molar-refractivity contribution in [2.75, 3.05) is 11.9 Å². The van der Waals surface area contributed by atoms with Gasteiger partial charge >= 0.3 is 0 Å². The van der Waals surface area contributed by atoms with Gasteiger partial charge in [-0.3, -0.25) is 14.9 Å². The standard InChI is InChI=1S/C9H10N2O3/c1-7(12)6-10-8-3-2-4-9(5-8)11(13)14/h2-5,10H,6H2,1H3. The highest BCUT2D eigenvalue weighted by Crippen LogP contribution is 2.16. The van der Waals surface area contributed by atoms with Crippen molar-refractivity contribution in [2.45, 2.75) is 6.92 Å². The molecule has 0 aliphatic carbocycles. The van der Waals surface area contributed by atoms with Gasteiger partial charge in [-0.05, 0) is 13.0 Å². The SMILES string of the molecule is CC(=O)CNc1cccc([N+](=O)[O-])c1. The number of Topliss-reactive ketones (excluding diaryl/α,β-unsaturated/α-hetero) is 1. The van der Waals surface area contributed by atoms with Crippen LogP contribution in [-0.2, 0) is 4.79 Å². The van der Waals surface area contributed by atoms with Gasteiger partial charge in [0.2, 0.25) is 0 Å². The Morgan fingerprint density at radius 3 is 2.86 bits per heavy atom. The Hall–Kier alpha value is -1.91. The summed E-state index contributed by atoms with van der Waals surface area (Å²) in [6.07, 6.45) is 0. The van der Waals surface area contributed by atoms with Gasteiger partial charge in [0.05, 0.1) is 11.5 Å². The number of non-ortho nitro benzene ring substituents is 1. The van der Waals surface area contributed by atoms with Crippen LogP contribution in [-0.4, -0.2) is 17.3 Å². The first-order chi connectivity index (χ1) is 6.59. The van der Waals surface area contributed by atoms with Gasteiger partial charge in [-0.2, -0.15) is 0 Å². The van der Waals surface area contributed by atoms with Crippen molar-refractivity contribution in [1.82, 2.24) is 0 Å². The number of nitrogens with zero attached hydrogens (tertiary/aromatic N) is 1. The highest BCUT2D eigenvalue weighted by atomic mass is 16.6. The molecule has 74 valence electrons. The molecule has 1 aromatic carbocycles. The molecule has 0 heterocycles. The maximum absolute atomic E-state index is 10.6. The van der Waals surface area contributed by atoms with Crippen molar-refractivity contribution >= 4 is 17.2 Å². The zero-order valence-corrected chi connectivity index (χ0v) is 7.69. The average molecular weight is 194 g/mol. The second kappa shape index (κ2) is 4.36. The molecule has 0 aliphatic heterocycles. The summed E-state index contributed by atoms with van der Waals surface area (Å²) >= 11 is 0. The lowest BCUT2D eigenvalue weighted by molar-refractivity contribution is -0.384. The highest BCUT2D eigenvalue weighted by molar-refractivity contribution is 5.80. The number of hydrogen-bond acceptors (Lipinski definition) is 4. The highest BCUT2D eigenvalue weighted by Gasteiger charge is 2.05. The Morgan fingerprint density at radius 1 is 1.57 bits per heavy atom. The van der Waals surface area contributed by atoms with E-state index < -0.39 is 4.92 Å². The molecule has 0 unspecified atom stereocenters. The molecule has 0 amide bonds. The Kier molecular flexibility index (Phi) is 3.17. The fraction of sp³-hybridized carbons (Fsp3) is 0.222. The van der Waals surface area contributed by atoms with E-state index in [-0.39, 0.29) is 18.0 Å². The van der Waals surface area contributed by atoms with Gasteiger partial charge in [-0.15, -0.1) is 0 Å². The van der Waals surface area contributed by atoms with E-state index in [4.69, 9.17) is 0 Å². The van der Waals surface area contributed by atoms with E-state index in [0.717, 1.165) is 0 Å². The normalized spacial score (nSPS) is 9.50. The van der Waals surface area contributed by atoms with Crippen LogP contribution < -0.4 is 5.32 Å². The third-order valence-electron chi connectivity index (χ3n) is 1.60. The van der Waals surface area contributed by atoms with E-state index in [1.54, 1.807) is 12.1 Å². The van der Waals surface area contributed by atoms with Crippen LogP contribution in [0.5, 0.6) is 0 Å². The number of nitrogens with one attached hydrogen (secondary N) is 1. The lowest BCUT2D eigenvalue weighted by Gasteiger charge is -2.02. The number of nitro groups is 1. The summed E-state index contributed by atoms with van der Waals surface area (Å²) in [5, 5.41) is 13.2. The summed E-state index contributed by atoms with van der Waals surface area (Å²) < 4.78 is 0. The van der Waals surface area contributed by atoms with Crippen LogP contribution in [0.1, 0.15) is 6.92 Å². The summed E-state index contributed by atoms with van der Waals surface area (Å²) in [7, 11) is 0. The summed E-state index contributed by atoms with van der Waals surface area (Å²) in [4.78, 5) is 20.6. The molecule has 1 N–H and O–H groups in total. The topological polar surface area (TPSA) is 72.2 Å². The Labute approximate surface area is 80.9 Å². The monoisotopic (exact) mass is 194 g/mol. The number of benzene rings is 1. The molecule has 5 nitrogen and oxygen atoms in total. The van der Waals surface area contributed by atoms with Gasteiger partial charge in [0.1, 0.15) is 5.78 Å². The Bertz CT molecular complexity index is 363. The summed E-state index contributed by atoms with van der Waals surface area (Å²) in [5.41, 5.74) is 0.591. The number of rotatable bonds is 4. The van der Waals surface area contributed by atoms with Crippen LogP contribution in [0.3, 0.4) is 0 Å². The van der Waals surface area contributed by atoms with Crippen LogP contribution >= 0.6 is 0 Å². The predicted molar refractivity (Wildman–Crippen MR) is 52.3 cm³/mol. The van der Waals surface area contributed by atoms with Gasteiger partial charge in [-0.1, -0.05) is 6.07 Å². The zero-order valence-electron chi connectivity index (χ0n) is 7.69. The quantitative estimate of drug-likeness (QED) is 0.583. The molecule has 1 rings (SSSR count). The van der Waals surface area contributed by atoms with Crippen LogP contribution in [0.25, 0.3) is 0 Å². The number of hydrogen-bond donors (Lipinski definition) is 1. The Morgan fingerprint density at radius 2 is 2.29 bits per heavy atom. The second-order valence-corrected chi connectivity index (χ2v) is 2.86. The second-order valence-electron chi connectivity index (χ2n) is 2.86. The number of nitro benzene ring substituents is 1. The molecule has 0 bridgehead atoms. The lowest BCUT2D eigenvalue weighted by atomic mass is 10.3. The van der Waals surface area contributed by atoms with Crippen molar-refractivity contribution in [3.63, 3.8) is 0 Å². The Balaban J connectivity index is 2.73. The molecule has 1 aromatic rings. The average Bonchev–Trinajstić information content (AvgIpc) is 2.15. The molecule has 0 atom stereocenters. The predicted octanol–water partition coefficient (Wildman–Crippen LogP) is 1.60. The minimum Gasteiger partial charge on any atom is -0.378 e. The molecular formula is C9H10N2O3. The molecule has 0 radical (unpaired) electrons. The molecule has 14 heavy (non-hydrogen) atoms. The number of ketones is 1. The van der Waals surface area contributed by atoms with Crippen LogP contribution in [0.4, 0.5) is 11.4 Å². The third kappa shape index (κ3) is 2.85. The van der Waals surface area contributed by atoms with E-state index in [1.165, 1.54) is 19.1 Å². The fourth-order valence-electron chi connectivity index (χ4n) is 0.956. The van der Waals surface area contributed by atoms with E-state index in [1.807, 2.05) is 0 Å². The van der Waals surface area contributed by atoms with E-state index in [0.29, 0.717) is 5.69 Å². The largest absolute Gasteiger partial charge is 0.378 e. The number of carbonyl (C=O) groups is 1. The maximum Gasteiger partial charge on any atom is 0.271 e. The first kappa shape index (κ1) is 10.2. The molecular weight excluding hydrogens is 184 g/mol. The molecule has 0 aliphatic rings. The first-order valence-electron chi connectivity index (χ1n) is 4.07. The summed E-state index contributed by atoms with van der Waals surface area (Å²) in [6, 6.07) is 6.04. The van der Waals surface area contributed by atoms with Crippen molar-refractivity contribution < 1.29 is 9.72 Å². The van der Waals surface area contributed by atoms with Crippen LogP contribution in [0, 0.1) is 10.1 Å². The molecule has 0 saturated carbocycles. The van der Waals surface area contributed by atoms with Crippen molar-refractivity contribution in [2.24, 2.45) is 0 Å². The first-order valence-corrected chi connectivity index (χ1v) is 4.07. The zero-order chi connectivity index (χ0) is 10.6. The van der Waals surface area contributed by atoms with Crippen LogP contribution in [0.2, 0.25) is 0 Å². The third-order valence-corrected chi connectivity index (χ3v) is 1.60. The van der Waals surface area contributed by atoms with Gasteiger partial charge in [-0.25, -0.2) is 0 Å². The van der Waals surface area contributed by atoms with Gasteiger partial charge in [0, 0.05) is 17.8 Å². The maximum atomic E-state index is 10.6. The van der Waals surface area contributed by atoms with E-state index in [9.17, 15) is 14.9 Å². The van der Waals surface area contributed by atoms with Gasteiger partial charge in [0.25, 0.3) is 5.69 Å². The lowest BCUT2D eigenvalue weighted by Crippen LogP contribution is -2.09. The molecule has 5 heteroatoms. The van der Waals surface area contributed by atoms with E-state index in [2.05, 4.69) is 5.32 Å². The van der Waals surface area contributed by atoms with Crippen molar-refractivity contribution in [1.29, 1.82) is 0 Å². The van der Waals surface area contributed by atoms with Gasteiger partial charge < -0.3 is 5.32 Å². The van der Waals surface area contributed by atoms with E-state index >= 15 is 0 Å². The summed E-state index contributed by atoms with van der Waals surface area (Å²) in [5.74, 6) is -0.0171. The van der Waals surface area contributed by atoms with Crippen molar-refractivity contribution in [3.05, 3.63) is 34.4 Å². The molecule has 0 fully saturated rings.